The van der Waals surface area contributed by atoms with E-state index in [4.69, 9.17) is 0 Å². The van der Waals surface area contributed by atoms with Gasteiger partial charge in [0.2, 0.25) is 5.91 Å². The molecule has 0 atom stereocenters. The minimum atomic E-state index is -0.591. The summed E-state index contributed by atoms with van der Waals surface area (Å²) in [6.07, 6.45) is 0. The van der Waals surface area contributed by atoms with E-state index < -0.39 is 10.3 Å². The van der Waals surface area contributed by atoms with Gasteiger partial charge in [0.1, 0.15) is 11.5 Å². The van der Waals surface area contributed by atoms with E-state index in [1.54, 1.807) is 27.8 Å². The van der Waals surface area contributed by atoms with Crippen LogP contribution in [-0.2, 0) is 4.79 Å². The third-order valence-corrected chi connectivity index (χ3v) is 2.81. The summed E-state index contributed by atoms with van der Waals surface area (Å²) in [5.41, 5.74) is -0.268. The molecule has 1 heterocycles. The molecule has 0 aliphatic carbocycles. The summed E-state index contributed by atoms with van der Waals surface area (Å²) < 4.78 is 0. The van der Waals surface area contributed by atoms with Crippen molar-refractivity contribution >= 4 is 17.4 Å². The quantitative estimate of drug-likeness (QED) is 0.621. The molecule has 0 unspecified atom stereocenters. The van der Waals surface area contributed by atoms with Crippen molar-refractivity contribution in [2.24, 2.45) is 5.41 Å². The Kier molecular flexibility index (Phi) is 4.42. The predicted octanol–water partition coefficient (Wildman–Crippen LogP) is 1.48. The van der Waals surface area contributed by atoms with Crippen molar-refractivity contribution in [1.29, 1.82) is 0 Å². The van der Waals surface area contributed by atoms with Crippen LogP contribution in [0.2, 0.25) is 0 Å². The molecule has 0 aromatic carbocycles. The molecule has 7 heteroatoms. The van der Waals surface area contributed by atoms with Crippen LogP contribution in [0.15, 0.2) is 12.1 Å². The molecule has 0 saturated carbocycles. The van der Waals surface area contributed by atoms with Gasteiger partial charge >= 0.3 is 0 Å². The number of pyridine rings is 1. The van der Waals surface area contributed by atoms with E-state index in [1.807, 2.05) is 0 Å². The summed E-state index contributed by atoms with van der Waals surface area (Å²) >= 11 is 0. The molecule has 0 spiro atoms. The number of nitro groups is 1. The fraction of sp³-hybridized carbons (Fsp3) is 0.500. The number of carbonyl (C=O) groups excluding carboxylic acids is 1. The molecule has 7 nitrogen and oxygen atoms in total. The van der Waals surface area contributed by atoms with Crippen molar-refractivity contribution in [3.63, 3.8) is 0 Å². The van der Waals surface area contributed by atoms with Crippen LogP contribution in [0.3, 0.4) is 0 Å². The smallest absolute Gasteiger partial charge is 0.290 e. The van der Waals surface area contributed by atoms with Crippen LogP contribution in [-0.4, -0.2) is 29.4 Å². The van der Waals surface area contributed by atoms with Crippen LogP contribution < -0.4 is 10.6 Å². The maximum Gasteiger partial charge on any atom is 0.290 e. The normalized spacial score (nSPS) is 10.9. The Hall–Kier alpha value is -2.18. The Morgan fingerprint density at radius 3 is 2.58 bits per heavy atom. The zero-order chi connectivity index (χ0) is 14.6. The van der Waals surface area contributed by atoms with Crippen LogP contribution in [0, 0.1) is 22.5 Å². The van der Waals surface area contributed by atoms with Crippen molar-refractivity contribution in [2.45, 2.75) is 20.8 Å². The van der Waals surface area contributed by atoms with E-state index in [0.717, 1.165) is 0 Å². The van der Waals surface area contributed by atoms with Crippen LogP contribution >= 0.6 is 0 Å². The number of aryl methyl sites for hydroxylation is 1. The lowest BCUT2D eigenvalue weighted by molar-refractivity contribution is -0.385. The second-order valence-electron chi connectivity index (χ2n) is 4.87. The molecule has 2 N–H and O–H groups in total. The summed E-state index contributed by atoms with van der Waals surface area (Å²) in [7, 11) is 1.58. The Morgan fingerprint density at radius 1 is 1.47 bits per heavy atom. The first-order valence-electron chi connectivity index (χ1n) is 5.86. The molecule has 0 aliphatic rings. The monoisotopic (exact) mass is 266 g/mol. The van der Waals surface area contributed by atoms with E-state index >= 15 is 0 Å². The summed E-state index contributed by atoms with van der Waals surface area (Å²) in [5.74, 6) is 0.429. The molecule has 1 rings (SSSR count). The minimum Gasteiger partial charge on any atom is -0.369 e. The van der Waals surface area contributed by atoms with Gasteiger partial charge < -0.3 is 10.6 Å². The Bertz CT molecular complexity index is 500. The van der Waals surface area contributed by atoms with Crippen LogP contribution in [0.4, 0.5) is 11.5 Å². The van der Waals surface area contributed by atoms with Gasteiger partial charge in [0.25, 0.3) is 5.69 Å². The zero-order valence-corrected chi connectivity index (χ0v) is 11.5. The van der Waals surface area contributed by atoms with Crippen molar-refractivity contribution in [1.82, 2.24) is 10.3 Å². The lowest BCUT2D eigenvalue weighted by Gasteiger charge is -2.23. The third kappa shape index (κ3) is 3.64. The topological polar surface area (TPSA) is 97.2 Å². The van der Waals surface area contributed by atoms with Gasteiger partial charge in [0.05, 0.1) is 10.3 Å². The average Bonchev–Trinajstić information content (AvgIpc) is 2.35. The van der Waals surface area contributed by atoms with E-state index in [-0.39, 0.29) is 11.6 Å². The van der Waals surface area contributed by atoms with E-state index in [0.29, 0.717) is 18.1 Å². The van der Waals surface area contributed by atoms with Crippen molar-refractivity contribution in [3.8, 4) is 0 Å². The van der Waals surface area contributed by atoms with Gasteiger partial charge in [-0.1, -0.05) is 0 Å². The molecule has 1 aromatic heterocycles. The molecule has 0 saturated heterocycles. The molecule has 0 aliphatic heterocycles. The summed E-state index contributed by atoms with van der Waals surface area (Å²) in [6, 6.07) is 2.93. The van der Waals surface area contributed by atoms with Gasteiger partial charge in [-0.15, -0.1) is 0 Å². The highest BCUT2D eigenvalue weighted by Crippen LogP contribution is 2.20. The van der Waals surface area contributed by atoms with E-state index in [2.05, 4.69) is 15.6 Å². The number of nitrogens with one attached hydrogen (secondary N) is 2. The van der Waals surface area contributed by atoms with Crippen molar-refractivity contribution in [3.05, 3.63) is 27.9 Å². The first-order valence-corrected chi connectivity index (χ1v) is 5.86. The number of rotatable bonds is 5. The minimum absolute atomic E-state index is 0.0175. The highest BCUT2D eigenvalue weighted by atomic mass is 16.6. The zero-order valence-electron chi connectivity index (χ0n) is 11.5. The van der Waals surface area contributed by atoms with E-state index in [9.17, 15) is 14.9 Å². The van der Waals surface area contributed by atoms with Crippen LogP contribution in [0.1, 0.15) is 19.5 Å². The standard InChI is InChI=1S/C12H18N4O3/c1-8-9(16(18)19)5-6-10(15-8)14-7-12(2,3)11(17)13-4/h5-6H,7H2,1-4H3,(H,13,17)(H,14,15). The highest BCUT2D eigenvalue weighted by molar-refractivity contribution is 5.82. The predicted molar refractivity (Wildman–Crippen MR) is 72.0 cm³/mol. The van der Waals surface area contributed by atoms with Crippen LogP contribution in [0.25, 0.3) is 0 Å². The fourth-order valence-electron chi connectivity index (χ4n) is 1.58. The molecule has 1 amide bonds. The third-order valence-electron chi connectivity index (χ3n) is 2.81. The maximum atomic E-state index is 11.6. The largest absolute Gasteiger partial charge is 0.369 e. The molecule has 19 heavy (non-hydrogen) atoms. The Balaban J connectivity index is 2.77. The number of carbonyl (C=O) groups is 1. The lowest BCUT2D eigenvalue weighted by Crippen LogP contribution is -2.39. The molecular formula is C12H18N4O3. The number of anilines is 1. The highest BCUT2D eigenvalue weighted by Gasteiger charge is 2.26. The van der Waals surface area contributed by atoms with Crippen LogP contribution in [0.5, 0.6) is 0 Å². The maximum absolute atomic E-state index is 11.6. The Morgan fingerprint density at radius 2 is 2.11 bits per heavy atom. The first-order chi connectivity index (χ1) is 8.77. The van der Waals surface area contributed by atoms with Gasteiger partial charge in [-0.2, -0.15) is 0 Å². The molecular weight excluding hydrogens is 248 g/mol. The first kappa shape index (κ1) is 14.9. The van der Waals surface area contributed by atoms with Gasteiger partial charge in [-0.05, 0) is 26.8 Å². The van der Waals surface area contributed by atoms with Gasteiger partial charge in [0.15, 0.2) is 0 Å². The lowest BCUT2D eigenvalue weighted by atomic mass is 9.92. The summed E-state index contributed by atoms with van der Waals surface area (Å²) in [5, 5.41) is 16.3. The second-order valence-corrected chi connectivity index (χ2v) is 4.87. The molecule has 0 radical (unpaired) electrons. The molecule has 0 fully saturated rings. The molecule has 1 aromatic rings. The molecule has 104 valence electrons. The number of hydrogen-bond donors (Lipinski definition) is 2. The molecule has 0 bridgehead atoms. The SMILES string of the molecule is CNC(=O)C(C)(C)CNc1ccc([N+](=O)[O-])c(C)n1. The number of nitrogens with zero attached hydrogens (tertiary/aromatic N) is 2. The van der Waals surface area contributed by atoms with Gasteiger partial charge in [-0.3, -0.25) is 14.9 Å². The Labute approximate surface area is 111 Å². The number of hydrogen-bond acceptors (Lipinski definition) is 5. The second kappa shape index (κ2) is 5.64. The average molecular weight is 266 g/mol. The summed E-state index contributed by atoms with van der Waals surface area (Å²) in [4.78, 5) is 25.9. The summed E-state index contributed by atoms with van der Waals surface area (Å²) in [6.45, 7) is 5.57. The fourth-order valence-corrected chi connectivity index (χ4v) is 1.58. The van der Waals surface area contributed by atoms with Crippen molar-refractivity contribution < 1.29 is 9.72 Å². The van der Waals surface area contributed by atoms with Gasteiger partial charge in [0, 0.05) is 19.7 Å². The van der Waals surface area contributed by atoms with Crippen molar-refractivity contribution in [2.75, 3.05) is 18.9 Å². The number of amides is 1. The van der Waals surface area contributed by atoms with Gasteiger partial charge in [-0.25, -0.2) is 4.98 Å². The van der Waals surface area contributed by atoms with E-state index in [1.165, 1.54) is 12.1 Å². The number of aromatic nitrogens is 1.